The lowest BCUT2D eigenvalue weighted by Crippen LogP contribution is -2.30. The van der Waals surface area contributed by atoms with Gasteiger partial charge < -0.3 is 28.3 Å². The van der Waals surface area contributed by atoms with E-state index in [9.17, 15) is 51.1 Å². The number of benzene rings is 2. The van der Waals surface area contributed by atoms with Gasteiger partial charge in [-0.3, -0.25) is 19.2 Å². The number of halogens is 4. The van der Waals surface area contributed by atoms with Crippen LogP contribution in [-0.4, -0.2) is 97.9 Å². The Morgan fingerprint density at radius 3 is 1.58 bits per heavy atom. The molecule has 0 aromatic heterocycles. The van der Waals surface area contributed by atoms with Crippen molar-refractivity contribution in [3.05, 3.63) is 93.9 Å². The number of hydrogen-bond acceptors (Lipinski definition) is 14. The van der Waals surface area contributed by atoms with Crippen LogP contribution in [0.5, 0.6) is 0 Å². The van der Waals surface area contributed by atoms with E-state index >= 15 is 0 Å². The van der Waals surface area contributed by atoms with Crippen LogP contribution in [0.15, 0.2) is 72.8 Å². The standard InChI is InChI=1S/C22H24F2O5.C15H14O5.C9H17F2O2P.O2/c1-2-3-11-22(23,24)19(25)10-9-15-16-12-20(26)28-18(16)13-17(15)29-21(27)14-7-5-4-6-8-14;16-8-11-10-6-14(17)19-12(10)7-13(11)20-15(18)9-4-2-1-3-5-9;1-4-5-6-9(10,11)8(12)7-14(3)13-2;1-2/h4-10,15-18H,2-3,11-13H2,1H3;1-5,8,10-13H,6-7H2;4-7H2,1-3H3;/b10-9+;;;/t15-,16-,17-,18?;10-,11-,12?,13-;;/m11../s1. The maximum absolute atomic E-state index is 14.0. The Labute approximate surface area is 375 Å². The number of aldehydes is 1. The van der Waals surface area contributed by atoms with Crippen molar-refractivity contribution in [2.75, 3.05) is 19.9 Å². The van der Waals surface area contributed by atoms with E-state index in [1.165, 1.54) is 13.2 Å². The first-order chi connectivity index (χ1) is 30.9. The molecule has 0 N–H and O–H groups in total. The Kier molecular flexibility index (Phi) is 21.7. The predicted octanol–water partition coefficient (Wildman–Crippen LogP) is 8.60. The number of carbonyl (C=O) groups is 7. The highest BCUT2D eigenvalue weighted by atomic mass is 31.1. The van der Waals surface area contributed by atoms with Crippen LogP contribution in [0.1, 0.15) is 98.8 Å². The molecule has 0 radical (unpaired) electrons. The Morgan fingerprint density at radius 1 is 0.723 bits per heavy atom. The number of ether oxygens (including phenoxy) is 4. The molecule has 0 spiro atoms. The summed E-state index contributed by atoms with van der Waals surface area (Å²) in [5.74, 6) is -11.9. The van der Waals surface area contributed by atoms with E-state index in [0.29, 0.717) is 36.8 Å². The van der Waals surface area contributed by atoms with Crippen LogP contribution in [0.25, 0.3) is 0 Å². The molecule has 0 amide bonds. The van der Waals surface area contributed by atoms with Crippen LogP contribution < -0.4 is 0 Å². The molecule has 19 heteroatoms. The number of rotatable bonds is 18. The molecule has 4 aliphatic rings. The van der Waals surface area contributed by atoms with Crippen LogP contribution >= 0.6 is 8.15 Å². The zero-order valence-corrected chi connectivity index (χ0v) is 37.5. The SMILES string of the molecule is CCCCC(F)(F)C(=O)/C=C/[C@H]1[C@H](OC(=O)c2ccccc2)CC2OC(=O)C[C@@H]21.CCCCC(F)(F)C(=O)CP(C)OC.O=C[C@H]1[C@H](OC(=O)c2ccccc2)CC2OC(=O)C[C@@H]21.O=O. The minimum atomic E-state index is -3.43. The second-order valence-electron chi connectivity index (χ2n) is 15.9. The van der Waals surface area contributed by atoms with Crippen LogP contribution in [0.2, 0.25) is 0 Å². The molecule has 356 valence electrons. The van der Waals surface area contributed by atoms with Crippen molar-refractivity contribution in [3.63, 3.8) is 0 Å². The molecule has 2 aromatic rings. The third kappa shape index (κ3) is 15.7. The predicted molar refractivity (Wildman–Crippen MR) is 229 cm³/mol. The van der Waals surface area contributed by atoms with Gasteiger partial charge in [0.2, 0.25) is 11.6 Å². The van der Waals surface area contributed by atoms with Crippen molar-refractivity contribution in [1.82, 2.24) is 0 Å². The van der Waals surface area contributed by atoms with Gasteiger partial charge in [0.15, 0.2) is 0 Å². The van der Waals surface area contributed by atoms with E-state index in [1.54, 1.807) is 68.2 Å². The minimum Gasteiger partial charge on any atom is -0.462 e. The Bertz CT molecular complexity index is 1930. The number of alkyl halides is 4. The minimum absolute atomic E-state index is 0.111. The molecule has 2 saturated carbocycles. The molecule has 2 aliphatic heterocycles. The Morgan fingerprint density at radius 2 is 1.15 bits per heavy atom. The highest BCUT2D eigenvalue weighted by Gasteiger charge is 2.52. The summed E-state index contributed by atoms with van der Waals surface area (Å²) < 4.78 is 80.4. The molecule has 9 atom stereocenters. The summed E-state index contributed by atoms with van der Waals surface area (Å²) in [5, 5.41) is 0. The van der Waals surface area contributed by atoms with Crippen molar-refractivity contribution in [2.45, 2.75) is 114 Å². The number of esters is 4. The van der Waals surface area contributed by atoms with Gasteiger partial charge in [-0.05, 0) is 49.8 Å². The Hall–Kier alpha value is -5.22. The van der Waals surface area contributed by atoms with Gasteiger partial charge in [-0.15, -0.1) is 0 Å². The maximum Gasteiger partial charge on any atom is 0.338 e. The van der Waals surface area contributed by atoms with Crippen molar-refractivity contribution in [3.8, 4) is 0 Å². The first-order valence-electron chi connectivity index (χ1n) is 21.2. The van der Waals surface area contributed by atoms with Gasteiger partial charge in [0.1, 0.15) is 30.7 Å². The molecule has 6 rings (SSSR count). The summed E-state index contributed by atoms with van der Waals surface area (Å²) in [4.78, 5) is 95.6. The van der Waals surface area contributed by atoms with Crippen molar-refractivity contribution < 1.29 is 74.6 Å². The lowest BCUT2D eigenvalue weighted by molar-refractivity contribution is -0.143. The van der Waals surface area contributed by atoms with Crippen LogP contribution in [0, 0.1) is 33.6 Å². The summed E-state index contributed by atoms with van der Waals surface area (Å²) in [7, 11) is 0.407. The van der Waals surface area contributed by atoms with Gasteiger partial charge in [0.05, 0.1) is 36.0 Å². The molecule has 2 saturated heterocycles. The first kappa shape index (κ1) is 54.1. The van der Waals surface area contributed by atoms with Crippen molar-refractivity contribution in [1.29, 1.82) is 0 Å². The van der Waals surface area contributed by atoms with E-state index in [2.05, 4.69) is 0 Å². The van der Waals surface area contributed by atoms with Gasteiger partial charge in [0, 0.05) is 68.6 Å². The fourth-order valence-electron chi connectivity index (χ4n) is 7.82. The third-order valence-electron chi connectivity index (χ3n) is 11.4. The van der Waals surface area contributed by atoms with Crippen LogP contribution in [0.3, 0.4) is 0 Å². The number of hydrogen-bond donors (Lipinski definition) is 0. The van der Waals surface area contributed by atoms with Gasteiger partial charge in [0.25, 0.3) is 0 Å². The molecule has 14 nitrogen and oxygen atoms in total. The average Bonchev–Trinajstić information content (AvgIpc) is 4.03. The van der Waals surface area contributed by atoms with Crippen molar-refractivity contribution in [2.24, 2.45) is 23.7 Å². The van der Waals surface area contributed by atoms with Crippen LogP contribution in [-0.2, 0) is 47.4 Å². The maximum atomic E-state index is 14.0. The van der Waals surface area contributed by atoms with Crippen LogP contribution in [0.4, 0.5) is 17.6 Å². The normalized spacial score (nSPS) is 24.6. The quantitative estimate of drug-likeness (QED) is 0.0344. The fourth-order valence-corrected chi connectivity index (χ4v) is 8.59. The lowest BCUT2D eigenvalue weighted by atomic mass is 9.91. The second-order valence-corrected chi connectivity index (χ2v) is 17.8. The fraction of sp³-hybridized carbons (Fsp3) is 0.543. The summed E-state index contributed by atoms with van der Waals surface area (Å²) in [6, 6.07) is 17.0. The molecule has 2 heterocycles. The topological polar surface area (TPSA) is 200 Å². The smallest absolute Gasteiger partial charge is 0.338 e. The molecule has 3 unspecified atom stereocenters. The zero-order chi connectivity index (χ0) is 48.3. The third-order valence-corrected chi connectivity index (χ3v) is 12.8. The van der Waals surface area contributed by atoms with Gasteiger partial charge in [-0.2, -0.15) is 17.6 Å². The molecular weight excluding hydrogens is 883 g/mol. The number of ketones is 2. The highest BCUT2D eigenvalue weighted by Crippen LogP contribution is 2.44. The largest absolute Gasteiger partial charge is 0.462 e. The number of fused-ring (bicyclic) bond motifs is 2. The average molecular weight is 939 g/mol. The monoisotopic (exact) mass is 938 g/mol. The van der Waals surface area contributed by atoms with E-state index in [0.717, 1.165) is 12.4 Å². The van der Waals surface area contributed by atoms with Gasteiger partial charge in [-0.1, -0.05) is 69.2 Å². The summed E-state index contributed by atoms with van der Waals surface area (Å²) in [6.07, 6.45) is 3.00. The second kappa shape index (κ2) is 26.1. The lowest BCUT2D eigenvalue weighted by Gasteiger charge is -2.20. The van der Waals surface area contributed by atoms with Crippen molar-refractivity contribution >= 4 is 49.9 Å². The molecule has 2 aliphatic carbocycles. The van der Waals surface area contributed by atoms with Gasteiger partial charge in [-0.25, -0.2) is 9.59 Å². The Balaban J connectivity index is 0.000000271. The summed E-state index contributed by atoms with van der Waals surface area (Å²) in [6.45, 7) is 5.27. The highest BCUT2D eigenvalue weighted by molar-refractivity contribution is 7.52. The van der Waals surface area contributed by atoms with E-state index in [1.807, 2.05) is 13.0 Å². The number of unbranched alkanes of at least 4 members (excludes halogenated alkanes) is 2. The molecule has 4 fully saturated rings. The zero-order valence-electron chi connectivity index (χ0n) is 36.6. The summed E-state index contributed by atoms with van der Waals surface area (Å²) >= 11 is 0. The molecule has 65 heavy (non-hydrogen) atoms. The molecule has 2 aromatic carbocycles. The number of allylic oxidation sites excluding steroid dienone is 1. The first-order valence-corrected chi connectivity index (χ1v) is 23.1. The van der Waals surface area contributed by atoms with E-state index in [-0.39, 0.29) is 68.1 Å². The summed E-state index contributed by atoms with van der Waals surface area (Å²) in [5.41, 5.74) is 0.817. The van der Waals surface area contributed by atoms with E-state index < -0.39 is 80.1 Å². The molecule has 0 bridgehead atoms. The van der Waals surface area contributed by atoms with E-state index in [4.69, 9.17) is 33.4 Å². The molecular formula is C46H55F4O14P. The number of carbonyl (C=O) groups excluding carboxylic acids is 7. The number of Topliss-reactive ketones (excluding diaryl/α,β-unsaturated/α-hetero) is 1. The van der Waals surface area contributed by atoms with Gasteiger partial charge >= 0.3 is 35.7 Å².